The summed E-state index contributed by atoms with van der Waals surface area (Å²) in [6, 6.07) is 14.1. The van der Waals surface area contributed by atoms with Crippen LogP contribution in [0.2, 0.25) is 0 Å². The first kappa shape index (κ1) is 26.2. The van der Waals surface area contributed by atoms with Crippen LogP contribution in [0.5, 0.6) is 11.5 Å². The minimum Gasteiger partial charge on any atom is -0.493 e. The molecule has 1 atom stereocenters. The van der Waals surface area contributed by atoms with Crippen LogP contribution < -0.4 is 14.8 Å². The van der Waals surface area contributed by atoms with Crippen molar-refractivity contribution in [2.24, 2.45) is 5.92 Å². The smallest absolute Gasteiger partial charge is 0.241 e. The van der Waals surface area contributed by atoms with Crippen molar-refractivity contribution in [3.05, 3.63) is 59.5 Å². The lowest BCUT2D eigenvalue weighted by Gasteiger charge is -2.30. The van der Waals surface area contributed by atoms with Crippen molar-refractivity contribution >= 4 is 5.91 Å². The molecule has 0 aliphatic carbocycles. The predicted molar refractivity (Wildman–Crippen MR) is 144 cm³/mol. The van der Waals surface area contributed by atoms with Gasteiger partial charge in [-0.3, -0.25) is 14.6 Å². The van der Waals surface area contributed by atoms with E-state index < -0.39 is 0 Å². The summed E-state index contributed by atoms with van der Waals surface area (Å²) in [5.41, 5.74) is 3.25. The molecule has 1 unspecified atom stereocenters. The molecule has 3 aromatic rings. The lowest BCUT2D eigenvalue weighted by atomic mass is 9.97. The topological polar surface area (TPSA) is 93.0 Å². The molecule has 2 aliphatic heterocycles. The molecule has 202 valence electrons. The van der Waals surface area contributed by atoms with Crippen molar-refractivity contribution in [3.63, 3.8) is 0 Å². The molecule has 2 aromatic carbocycles. The average molecular weight is 520 g/mol. The Morgan fingerprint density at radius 2 is 1.76 bits per heavy atom. The number of nitrogens with one attached hydrogen (secondary N) is 1. The number of aromatic nitrogens is 2. The molecule has 1 aromatic heterocycles. The number of carbonyl (C=O) groups is 1. The van der Waals surface area contributed by atoms with Crippen LogP contribution in [0.1, 0.15) is 42.7 Å². The van der Waals surface area contributed by atoms with Crippen LogP contribution in [0.4, 0.5) is 0 Å². The van der Waals surface area contributed by atoms with Gasteiger partial charge in [0, 0.05) is 25.2 Å². The van der Waals surface area contributed by atoms with Crippen LogP contribution in [0.3, 0.4) is 0 Å². The van der Waals surface area contributed by atoms with Gasteiger partial charge in [-0.1, -0.05) is 29.4 Å². The van der Waals surface area contributed by atoms with E-state index >= 15 is 0 Å². The van der Waals surface area contributed by atoms with Crippen molar-refractivity contribution in [1.82, 2.24) is 25.3 Å². The van der Waals surface area contributed by atoms with Gasteiger partial charge in [-0.15, -0.1) is 0 Å². The zero-order valence-electron chi connectivity index (χ0n) is 22.3. The molecule has 2 fully saturated rings. The van der Waals surface area contributed by atoms with E-state index in [2.05, 4.69) is 49.5 Å². The Hall–Kier alpha value is -3.43. The summed E-state index contributed by atoms with van der Waals surface area (Å²) in [5.74, 6) is 2.35. The van der Waals surface area contributed by atoms with Crippen LogP contribution in [-0.4, -0.2) is 66.2 Å². The molecule has 0 saturated carbocycles. The first-order chi connectivity index (χ1) is 18.6. The summed E-state index contributed by atoms with van der Waals surface area (Å²) in [6.45, 7) is 6.00. The maximum atomic E-state index is 13.0. The highest BCUT2D eigenvalue weighted by atomic mass is 16.5. The lowest BCUT2D eigenvalue weighted by molar-refractivity contribution is -0.127. The highest BCUT2D eigenvalue weighted by Crippen LogP contribution is 2.31. The number of hydrogen-bond donors (Lipinski definition) is 1. The number of rotatable bonds is 10. The van der Waals surface area contributed by atoms with Crippen molar-refractivity contribution in [2.45, 2.75) is 45.3 Å². The summed E-state index contributed by atoms with van der Waals surface area (Å²) >= 11 is 0. The highest BCUT2D eigenvalue weighted by molar-refractivity contribution is 5.79. The number of piperidine rings is 1. The Morgan fingerprint density at radius 3 is 2.58 bits per heavy atom. The second-order valence-corrected chi connectivity index (χ2v) is 10.2. The number of ether oxygens (including phenoxy) is 2. The van der Waals surface area contributed by atoms with Crippen molar-refractivity contribution in [1.29, 1.82) is 0 Å². The van der Waals surface area contributed by atoms with Crippen LogP contribution in [0.25, 0.3) is 11.4 Å². The van der Waals surface area contributed by atoms with E-state index in [0.717, 1.165) is 37.1 Å². The van der Waals surface area contributed by atoms with Gasteiger partial charge in [0.05, 0.1) is 26.7 Å². The average Bonchev–Trinajstić information content (AvgIpc) is 3.64. The molecule has 0 spiro atoms. The molecule has 9 heteroatoms. The molecule has 0 bridgehead atoms. The number of carbonyl (C=O) groups excluding carboxylic acids is 1. The van der Waals surface area contributed by atoms with E-state index in [1.54, 1.807) is 14.2 Å². The zero-order valence-corrected chi connectivity index (χ0v) is 22.3. The Bertz CT molecular complexity index is 1220. The molecular weight excluding hydrogens is 482 g/mol. The maximum Gasteiger partial charge on any atom is 0.241 e. The monoisotopic (exact) mass is 519 g/mol. The number of benzene rings is 2. The van der Waals surface area contributed by atoms with Gasteiger partial charge >= 0.3 is 0 Å². The molecule has 9 nitrogen and oxygen atoms in total. The fraction of sp³-hybridized carbons (Fsp3) is 0.483. The van der Waals surface area contributed by atoms with Gasteiger partial charge in [0.15, 0.2) is 11.5 Å². The molecule has 3 heterocycles. The van der Waals surface area contributed by atoms with E-state index in [4.69, 9.17) is 14.0 Å². The first-order valence-electron chi connectivity index (χ1n) is 13.5. The molecule has 38 heavy (non-hydrogen) atoms. The second-order valence-electron chi connectivity index (χ2n) is 10.2. The van der Waals surface area contributed by atoms with Crippen LogP contribution in [-0.2, 0) is 24.4 Å². The largest absolute Gasteiger partial charge is 0.493 e. The van der Waals surface area contributed by atoms with Gasteiger partial charge in [0.2, 0.25) is 17.6 Å². The fourth-order valence-corrected chi connectivity index (χ4v) is 5.39. The van der Waals surface area contributed by atoms with Gasteiger partial charge in [-0.25, -0.2) is 0 Å². The fourth-order valence-electron chi connectivity index (χ4n) is 5.39. The van der Waals surface area contributed by atoms with Gasteiger partial charge in [0.1, 0.15) is 0 Å². The Morgan fingerprint density at radius 1 is 0.974 bits per heavy atom. The molecule has 0 radical (unpaired) electrons. The van der Waals surface area contributed by atoms with Crippen LogP contribution in [0.15, 0.2) is 47.0 Å². The van der Waals surface area contributed by atoms with Crippen LogP contribution in [0, 0.1) is 5.92 Å². The van der Waals surface area contributed by atoms with Crippen LogP contribution >= 0.6 is 0 Å². The summed E-state index contributed by atoms with van der Waals surface area (Å²) in [4.78, 5) is 22.3. The third-order valence-corrected chi connectivity index (χ3v) is 7.41. The molecule has 1 N–H and O–H groups in total. The summed E-state index contributed by atoms with van der Waals surface area (Å²) in [6.07, 6.45) is 4.43. The number of methoxy groups -OCH3 is 2. The molecule has 1 amide bonds. The minimum atomic E-state index is -0.0511. The SMILES string of the molecule is COc1ccc(-c2noc(CN3CCCC(C(=O)NCc4cccc(CN5CCCC5)c4)C3)n2)cc1OC. The van der Waals surface area contributed by atoms with E-state index in [-0.39, 0.29) is 11.8 Å². The normalized spacial score (nSPS) is 18.4. The molecule has 2 saturated heterocycles. The molecule has 5 rings (SSSR count). The van der Waals surface area contributed by atoms with E-state index in [0.29, 0.717) is 42.8 Å². The second kappa shape index (κ2) is 12.4. The van der Waals surface area contributed by atoms with Gasteiger partial charge < -0.3 is 19.3 Å². The molecular formula is C29H37N5O4. The van der Waals surface area contributed by atoms with Crippen molar-refractivity contribution in [3.8, 4) is 22.9 Å². The Labute approximate surface area is 224 Å². The summed E-state index contributed by atoms with van der Waals surface area (Å²) in [5, 5.41) is 7.31. The minimum absolute atomic E-state index is 0.0511. The summed E-state index contributed by atoms with van der Waals surface area (Å²) in [7, 11) is 3.20. The number of hydrogen-bond acceptors (Lipinski definition) is 8. The molecule has 2 aliphatic rings. The highest BCUT2D eigenvalue weighted by Gasteiger charge is 2.27. The number of nitrogens with zero attached hydrogens (tertiary/aromatic N) is 4. The third-order valence-electron chi connectivity index (χ3n) is 7.41. The van der Waals surface area contributed by atoms with Crippen molar-refractivity contribution < 1.29 is 18.8 Å². The number of amides is 1. The van der Waals surface area contributed by atoms with E-state index in [1.807, 2.05) is 18.2 Å². The Kier molecular flexibility index (Phi) is 8.55. The maximum absolute atomic E-state index is 13.0. The van der Waals surface area contributed by atoms with Crippen molar-refractivity contribution in [2.75, 3.05) is 40.4 Å². The summed E-state index contributed by atoms with van der Waals surface area (Å²) < 4.78 is 16.2. The predicted octanol–water partition coefficient (Wildman–Crippen LogP) is 3.88. The van der Waals surface area contributed by atoms with E-state index in [1.165, 1.54) is 31.5 Å². The van der Waals surface area contributed by atoms with Gasteiger partial charge in [0.25, 0.3) is 0 Å². The first-order valence-corrected chi connectivity index (χ1v) is 13.5. The standard InChI is InChI=1S/C29H37N5O4/c1-36-25-11-10-23(16-26(25)37-2)28-31-27(38-32-28)20-34-14-6-9-24(19-34)29(35)30-17-21-7-5-8-22(15-21)18-33-12-3-4-13-33/h5,7-8,10-11,15-16,24H,3-4,6,9,12-14,17-20H2,1-2H3,(H,30,35). The van der Waals surface area contributed by atoms with Gasteiger partial charge in [-0.2, -0.15) is 4.98 Å². The van der Waals surface area contributed by atoms with Gasteiger partial charge in [-0.05, 0) is 74.6 Å². The number of likely N-dealkylation sites (tertiary alicyclic amines) is 2. The van der Waals surface area contributed by atoms with E-state index in [9.17, 15) is 4.79 Å². The quantitative estimate of drug-likeness (QED) is 0.432. The zero-order chi connectivity index (χ0) is 26.3. The Balaban J connectivity index is 1.13. The third kappa shape index (κ3) is 6.52. The lowest BCUT2D eigenvalue weighted by Crippen LogP contribution is -2.42.